The first kappa shape index (κ1) is 18.3. The van der Waals surface area contributed by atoms with Crippen LogP contribution in [0, 0.1) is 0 Å². The summed E-state index contributed by atoms with van der Waals surface area (Å²) in [7, 11) is 2.91. The summed E-state index contributed by atoms with van der Waals surface area (Å²) in [5.74, 6) is 0.0527. The molecule has 5 heteroatoms. The van der Waals surface area contributed by atoms with E-state index >= 15 is 0 Å². The Hall–Kier alpha value is -3.08. The molecular formula is C20H21NO4. The minimum Gasteiger partial charge on any atom is -0.497 e. The first-order valence-corrected chi connectivity index (χ1v) is 7.81. The summed E-state index contributed by atoms with van der Waals surface area (Å²) >= 11 is 0. The molecule has 0 fully saturated rings. The predicted octanol–water partition coefficient (Wildman–Crippen LogP) is 3.30. The molecule has 0 N–H and O–H groups in total. The van der Waals surface area contributed by atoms with Gasteiger partial charge in [0.15, 0.2) is 0 Å². The topological polar surface area (TPSA) is 55.8 Å². The lowest BCUT2D eigenvalue weighted by atomic mass is 10.1. The Balaban J connectivity index is 2.34. The molecule has 0 aromatic heterocycles. The molecule has 130 valence electrons. The molecule has 5 nitrogen and oxygen atoms in total. The molecule has 0 saturated heterocycles. The molecule has 0 aliphatic carbocycles. The van der Waals surface area contributed by atoms with Crippen LogP contribution in [0.3, 0.4) is 0 Å². The molecule has 0 unspecified atom stereocenters. The molecule has 0 atom stereocenters. The van der Waals surface area contributed by atoms with Gasteiger partial charge in [-0.3, -0.25) is 4.79 Å². The lowest BCUT2D eigenvalue weighted by molar-refractivity contribution is -0.136. The number of ether oxygens (including phenoxy) is 2. The van der Waals surface area contributed by atoms with Crippen molar-refractivity contribution in [1.29, 1.82) is 0 Å². The minimum atomic E-state index is -0.469. The fourth-order valence-corrected chi connectivity index (χ4v) is 2.37. The highest BCUT2D eigenvalue weighted by molar-refractivity contribution is 5.99. The van der Waals surface area contributed by atoms with Crippen LogP contribution in [0.25, 0.3) is 6.08 Å². The van der Waals surface area contributed by atoms with E-state index in [4.69, 9.17) is 9.47 Å². The number of esters is 1. The average molecular weight is 339 g/mol. The number of carbonyl (C=O) groups is 2. The van der Waals surface area contributed by atoms with Gasteiger partial charge in [-0.1, -0.05) is 30.3 Å². The van der Waals surface area contributed by atoms with Crippen molar-refractivity contribution in [2.75, 3.05) is 25.7 Å². The summed E-state index contributed by atoms with van der Waals surface area (Å²) < 4.78 is 10.0. The van der Waals surface area contributed by atoms with Gasteiger partial charge in [0.2, 0.25) is 5.91 Å². The second-order valence-electron chi connectivity index (χ2n) is 5.38. The zero-order chi connectivity index (χ0) is 18.2. The smallest absolute Gasteiger partial charge is 0.335 e. The van der Waals surface area contributed by atoms with Crippen LogP contribution in [0.1, 0.15) is 12.5 Å². The minimum absolute atomic E-state index is 0.114. The fourth-order valence-electron chi connectivity index (χ4n) is 2.37. The number of nitrogens with zero attached hydrogens (tertiary/aromatic N) is 1. The van der Waals surface area contributed by atoms with E-state index in [-0.39, 0.29) is 12.5 Å². The second-order valence-corrected chi connectivity index (χ2v) is 5.38. The zero-order valence-corrected chi connectivity index (χ0v) is 14.6. The van der Waals surface area contributed by atoms with Crippen molar-refractivity contribution in [3.63, 3.8) is 0 Å². The summed E-state index contributed by atoms with van der Waals surface area (Å²) in [6, 6.07) is 16.5. The molecular weight excluding hydrogens is 318 g/mol. The zero-order valence-electron chi connectivity index (χ0n) is 14.6. The van der Waals surface area contributed by atoms with Gasteiger partial charge < -0.3 is 14.4 Å². The molecule has 1 amide bonds. The van der Waals surface area contributed by atoms with Gasteiger partial charge in [-0.15, -0.1) is 0 Å². The highest BCUT2D eigenvalue weighted by Crippen LogP contribution is 2.21. The summed E-state index contributed by atoms with van der Waals surface area (Å²) in [4.78, 5) is 25.8. The SMILES string of the molecule is COC(=O)/C(=C/c1ccccc1)CN(C(C)=O)c1ccc(OC)cc1. The fraction of sp³-hybridized carbons (Fsp3) is 0.200. The molecule has 2 rings (SSSR count). The van der Waals surface area contributed by atoms with Crippen LogP contribution in [-0.4, -0.2) is 32.6 Å². The van der Waals surface area contributed by atoms with E-state index in [1.165, 1.54) is 18.9 Å². The highest BCUT2D eigenvalue weighted by Gasteiger charge is 2.18. The first-order valence-electron chi connectivity index (χ1n) is 7.81. The number of amides is 1. The molecule has 0 heterocycles. The van der Waals surface area contributed by atoms with E-state index < -0.39 is 5.97 Å². The number of carbonyl (C=O) groups excluding carboxylic acids is 2. The van der Waals surface area contributed by atoms with Crippen LogP contribution < -0.4 is 9.64 Å². The third kappa shape index (κ3) is 4.94. The van der Waals surface area contributed by atoms with Crippen LogP contribution in [0.2, 0.25) is 0 Å². The Kier molecular flexibility index (Phi) is 6.34. The number of rotatable bonds is 6. The molecule has 0 bridgehead atoms. The average Bonchev–Trinajstić information content (AvgIpc) is 2.65. The maximum absolute atomic E-state index is 12.2. The second kappa shape index (κ2) is 8.68. The van der Waals surface area contributed by atoms with Gasteiger partial charge in [0.1, 0.15) is 5.75 Å². The Bertz CT molecular complexity index is 751. The van der Waals surface area contributed by atoms with E-state index in [9.17, 15) is 9.59 Å². The summed E-state index contributed by atoms with van der Waals surface area (Å²) in [6.07, 6.45) is 1.73. The van der Waals surface area contributed by atoms with Crippen molar-refractivity contribution in [2.24, 2.45) is 0 Å². The van der Waals surface area contributed by atoms with Crippen molar-refractivity contribution in [1.82, 2.24) is 0 Å². The molecule has 0 radical (unpaired) electrons. The van der Waals surface area contributed by atoms with Crippen molar-refractivity contribution in [2.45, 2.75) is 6.92 Å². The lowest BCUT2D eigenvalue weighted by Crippen LogP contribution is -2.32. The predicted molar refractivity (Wildman–Crippen MR) is 97.5 cm³/mol. The number of methoxy groups -OCH3 is 2. The van der Waals surface area contributed by atoms with Gasteiger partial charge >= 0.3 is 5.97 Å². The highest BCUT2D eigenvalue weighted by atomic mass is 16.5. The Morgan fingerprint density at radius 1 is 1.00 bits per heavy atom. The van der Waals surface area contributed by atoms with Gasteiger partial charge in [-0.25, -0.2) is 4.79 Å². The molecule has 25 heavy (non-hydrogen) atoms. The normalized spacial score (nSPS) is 10.9. The van der Waals surface area contributed by atoms with E-state index in [1.807, 2.05) is 30.3 Å². The first-order chi connectivity index (χ1) is 12.0. The van der Waals surface area contributed by atoms with Gasteiger partial charge in [-0.2, -0.15) is 0 Å². The summed E-state index contributed by atoms with van der Waals surface area (Å²) in [5, 5.41) is 0. The number of hydrogen-bond donors (Lipinski definition) is 0. The van der Waals surface area contributed by atoms with Crippen LogP contribution in [-0.2, 0) is 14.3 Å². The van der Waals surface area contributed by atoms with Crippen LogP contribution in [0.4, 0.5) is 5.69 Å². The summed E-state index contributed by atoms with van der Waals surface area (Å²) in [6.45, 7) is 1.57. The largest absolute Gasteiger partial charge is 0.497 e. The quantitative estimate of drug-likeness (QED) is 0.598. The van der Waals surface area contributed by atoms with Crippen molar-refractivity contribution in [3.8, 4) is 5.75 Å². The van der Waals surface area contributed by atoms with E-state index in [0.717, 1.165) is 5.56 Å². The number of benzene rings is 2. The number of hydrogen-bond acceptors (Lipinski definition) is 4. The van der Waals surface area contributed by atoms with Gasteiger partial charge in [0, 0.05) is 12.6 Å². The van der Waals surface area contributed by atoms with Crippen LogP contribution in [0.15, 0.2) is 60.2 Å². The third-order valence-electron chi connectivity index (χ3n) is 3.68. The van der Waals surface area contributed by atoms with Crippen molar-refractivity contribution < 1.29 is 19.1 Å². The van der Waals surface area contributed by atoms with Crippen molar-refractivity contribution >= 4 is 23.6 Å². The van der Waals surface area contributed by atoms with Crippen molar-refractivity contribution in [3.05, 3.63) is 65.7 Å². The molecule has 0 aliphatic heterocycles. The molecule has 2 aromatic rings. The molecule has 2 aromatic carbocycles. The standard InChI is InChI=1S/C20H21NO4/c1-15(22)21(18-9-11-19(24-2)12-10-18)14-17(20(23)25-3)13-16-7-5-4-6-8-16/h4-13H,14H2,1-3H3/b17-13+. The maximum atomic E-state index is 12.2. The monoisotopic (exact) mass is 339 g/mol. The number of anilines is 1. The Morgan fingerprint density at radius 2 is 1.64 bits per heavy atom. The summed E-state index contributed by atoms with van der Waals surface area (Å²) in [5.41, 5.74) is 1.93. The van der Waals surface area contributed by atoms with Gasteiger partial charge in [0.05, 0.1) is 26.3 Å². The van der Waals surface area contributed by atoms with Gasteiger partial charge in [-0.05, 0) is 35.9 Å². The van der Waals surface area contributed by atoms with E-state index in [0.29, 0.717) is 17.0 Å². The van der Waals surface area contributed by atoms with Crippen LogP contribution >= 0.6 is 0 Å². The molecule has 0 spiro atoms. The maximum Gasteiger partial charge on any atom is 0.335 e. The third-order valence-corrected chi connectivity index (χ3v) is 3.68. The lowest BCUT2D eigenvalue weighted by Gasteiger charge is -2.22. The van der Waals surface area contributed by atoms with E-state index in [1.54, 1.807) is 37.5 Å². The Labute approximate surface area is 147 Å². The Morgan fingerprint density at radius 3 is 2.16 bits per heavy atom. The molecule has 0 saturated carbocycles. The molecule has 0 aliphatic rings. The van der Waals surface area contributed by atoms with Crippen LogP contribution in [0.5, 0.6) is 5.75 Å². The van der Waals surface area contributed by atoms with E-state index in [2.05, 4.69) is 0 Å². The van der Waals surface area contributed by atoms with Gasteiger partial charge in [0.25, 0.3) is 0 Å².